The molecule has 0 radical (unpaired) electrons. The van der Waals surface area contributed by atoms with Crippen LogP contribution >= 0.6 is 0 Å². The van der Waals surface area contributed by atoms with Crippen LogP contribution in [0.1, 0.15) is 22.3 Å². The number of halogens is 1. The number of nitrogens with zero attached hydrogens (tertiary/aromatic N) is 1. The van der Waals surface area contributed by atoms with Crippen molar-refractivity contribution in [2.24, 2.45) is 0 Å². The lowest BCUT2D eigenvalue weighted by Crippen LogP contribution is -2.30. The summed E-state index contributed by atoms with van der Waals surface area (Å²) in [6, 6.07) is 9.34. The van der Waals surface area contributed by atoms with Gasteiger partial charge in [-0.15, -0.1) is 0 Å². The molecule has 2 N–H and O–H groups in total. The highest BCUT2D eigenvalue weighted by Crippen LogP contribution is 2.04. The van der Waals surface area contributed by atoms with Crippen LogP contribution in [0.15, 0.2) is 48.8 Å². The first-order valence-electron chi connectivity index (χ1n) is 7.34. The Balaban J connectivity index is 1.62. The van der Waals surface area contributed by atoms with Gasteiger partial charge in [0, 0.05) is 25.5 Å². The van der Waals surface area contributed by atoms with E-state index in [1.807, 2.05) is 0 Å². The molecule has 0 fully saturated rings. The second-order valence-corrected chi connectivity index (χ2v) is 5.01. The van der Waals surface area contributed by atoms with E-state index in [1.54, 1.807) is 30.5 Å². The average Bonchev–Trinajstić information content (AvgIpc) is 2.55. The van der Waals surface area contributed by atoms with E-state index in [0.29, 0.717) is 30.6 Å². The van der Waals surface area contributed by atoms with Gasteiger partial charge in [-0.3, -0.25) is 14.6 Å². The largest absolute Gasteiger partial charge is 0.356 e. The summed E-state index contributed by atoms with van der Waals surface area (Å²) in [6.07, 6.45) is 3.85. The standard InChI is InChI=1S/C17H18FN3O2/c18-15-6-1-4-13(10-15)11-16(22)20-8-3-9-21-17(23)14-5-2-7-19-12-14/h1-2,4-7,10,12H,3,8-9,11H2,(H,20,22)(H,21,23). The van der Waals surface area contributed by atoms with Crippen molar-refractivity contribution in [3.8, 4) is 0 Å². The molecule has 2 rings (SSSR count). The Bertz CT molecular complexity index is 662. The summed E-state index contributed by atoms with van der Waals surface area (Å²) in [5, 5.41) is 5.49. The lowest BCUT2D eigenvalue weighted by atomic mass is 10.1. The molecule has 5 nitrogen and oxygen atoms in total. The minimum atomic E-state index is -0.353. The number of amides is 2. The molecule has 0 spiro atoms. The zero-order valence-corrected chi connectivity index (χ0v) is 12.6. The molecular formula is C17H18FN3O2. The summed E-state index contributed by atoms with van der Waals surface area (Å²) < 4.78 is 13.0. The summed E-state index contributed by atoms with van der Waals surface area (Å²) in [5.41, 5.74) is 1.13. The molecule has 0 aliphatic rings. The molecule has 0 saturated heterocycles. The first kappa shape index (κ1) is 16.6. The zero-order chi connectivity index (χ0) is 16.5. The Labute approximate surface area is 133 Å². The van der Waals surface area contributed by atoms with Gasteiger partial charge in [0.25, 0.3) is 5.91 Å². The van der Waals surface area contributed by atoms with Gasteiger partial charge in [0.1, 0.15) is 5.82 Å². The molecule has 0 saturated carbocycles. The first-order chi connectivity index (χ1) is 11.1. The van der Waals surface area contributed by atoms with Crippen molar-refractivity contribution in [3.63, 3.8) is 0 Å². The minimum absolute atomic E-state index is 0.139. The fraction of sp³-hybridized carbons (Fsp3) is 0.235. The zero-order valence-electron chi connectivity index (χ0n) is 12.6. The van der Waals surface area contributed by atoms with Crippen molar-refractivity contribution in [1.29, 1.82) is 0 Å². The smallest absolute Gasteiger partial charge is 0.252 e. The van der Waals surface area contributed by atoms with Crippen molar-refractivity contribution in [1.82, 2.24) is 15.6 Å². The Morgan fingerprint density at radius 1 is 1.09 bits per heavy atom. The summed E-state index contributed by atoms with van der Waals surface area (Å²) in [5.74, 6) is -0.716. The topological polar surface area (TPSA) is 71.1 Å². The van der Waals surface area contributed by atoms with Gasteiger partial charge in [-0.1, -0.05) is 12.1 Å². The van der Waals surface area contributed by atoms with E-state index in [2.05, 4.69) is 15.6 Å². The first-order valence-corrected chi connectivity index (χ1v) is 7.34. The Kier molecular flexibility index (Phi) is 6.23. The van der Waals surface area contributed by atoms with Crippen LogP contribution in [0, 0.1) is 5.82 Å². The molecule has 23 heavy (non-hydrogen) atoms. The number of aromatic nitrogens is 1. The van der Waals surface area contributed by atoms with E-state index in [-0.39, 0.29) is 24.1 Å². The summed E-state index contributed by atoms with van der Waals surface area (Å²) in [6.45, 7) is 0.898. The molecule has 1 aromatic carbocycles. The highest BCUT2D eigenvalue weighted by atomic mass is 19.1. The van der Waals surface area contributed by atoms with Gasteiger partial charge in [-0.2, -0.15) is 0 Å². The Morgan fingerprint density at radius 3 is 2.65 bits per heavy atom. The van der Waals surface area contributed by atoms with E-state index in [4.69, 9.17) is 0 Å². The monoisotopic (exact) mass is 315 g/mol. The number of benzene rings is 1. The number of nitrogens with one attached hydrogen (secondary N) is 2. The van der Waals surface area contributed by atoms with E-state index in [0.717, 1.165) is 0 Å². The van der Waals surface area contributed by atoms with Gasteiger partial charge in [0.2, 0.25) is 5.91 Å². The third-order valence-electron chi connectivity index (χ3n) is 3.14. The minimum Gasteiger partial charge on any atom is -0.356 e. The molecule has 0 aliphatic heterocycles. The maximum atomic E-state index is 13.0. The van der Waals surface area contributed by atoms with Crippen LogP contribution in [0.25, 0.3) is 0 Å². The highest BCUT2D eigenvalue weighted by Gasteiger charge is 2.05. The molecule has 1 heterocycles. The Hall–Kier alpha value is -2.76. The maximum absolute atomic E-state index is 13.0. The molecule has 120 valence electrons. The van der Waals surface area contributed by atoms with Crippen molar-refractivity contribution >= 4 is 11.8 Å². The van der Waals surface area contributed by atoms with Crippen molar-refractivity contribution in [2.45, 2.75) is 12.8 Å². The number of hydrogen-bond donors (Lipinski definition) is 2. The van der Waals surface area contributed by atoms with Crippen LogP contribution in [-0.2, 0) is 11.2 Å². The Morgan fingerprint density at radius 2 is 1.91 bits per heavy atom. The molecule has 6 heteroatoms. The lowest BCUT2D eigenvalue weighted by molar-refractivity contribution is -0.120. The van der Waals surface area contributed by atoms with Crippen LogP contribution in [0.3, 0.4) is 0 Å². The van der Waals surface area contributed by atoms with Crippen LogP contribution in [-0.4, -0.2) is 29.9 Å². The summed E-state index contributed by atoms with van der Waals surface area (Å²) in [7, 11) is 0. The quantitative estimate of drug-likeness (QED) is 0.764. The van der Waals surface area contributed by atoms with Gasteiger partial charge < -0.3 is 10.6 Å². The van der Waals surface area contributed by atoms with Crippen LogP contribution in [0.2, 0.25) is 0 Å². The fourth-order valence-corrected chi connectivity index (χ4v) is 2.01. The predicted octanol–water partition coefficient (Wildman–Crippen LogP) is 1.70. The van der Waals surface area contributed by atoms with Gasteiger partial charge in [-0.25, -0.2) is 4.39 Å². The predicted molar refractivity (Wildman–Crippen MR) is 84.3 cm³/mol. The second-order valence-electron chi connectivity index (χ2n) is 5.01. The third-order valence-corrected chi connectivity index (χ3v) is 3.14. The molecule has 2 aromatic rings. The number of rotatable bonds is 7. The van der Waals surface area contributed by atoms with Crippen LogP contribution < -0.4 is 10.6 Å². The lowest BCUT2D eigenvalue weighted by Gasteiger charge is -2.07. The SMILES string of the molecule is O=C(Cc1cccc(F)c1)NCCCNC(=O)c1cccnc1. The van der Waals surface area contributed by atoms with E-state index in [1.165, 1.54) is 18.3 Å². The van der Waals surface area contributed by atoms with Gasteiger partial charge in [0.05, 0.1) is 12.0 Å². The molecule has 0 atom stereocenters. The molecular weight excluding hydrogens is 297 g/mol. The maximum Gasteiger partial charge on any atom is 0.252 e. The number of hydrogen-bond acceptors (Lipinski definition) is 3. The number of pyridine rings is 1. The summed E-state index contributed by atoms with van der Waals surface area (Å²) in [4.78, 5) is 27.3. The normalized spacial score (nSPS) is 10.1. The van der Waals surface area contributed by atoms with E-state index >= 15 is 0 Å². The van der Waals surface area contributed by atoms with E-state index < -0.39 is 0 Å². The molecule has 1 aromatic heterocycles. The highest BCUT2D eigenvalue weighted by molar-refractivity contribution is 5.93. The van der Waals surface area contributed by atoms with Crippen LogP contribution in [0.4, 0.5) is 4.39 Å². The van der Waals surface area contributed by atoms with Gasteiger partial charge >= 0.3 is 0 Å². The average molecular weight is 315 g/mol. The molecule has 0 aliphatic carbocycles. The third kappa shape index (κ3) is 5.86. The number of carbonyl (C=O) groups is 2. The van der Waals surface area contributed by atoms with Crippen molar-refractivity contribution in [2.75, 3.05) is 13.1 Å². The second kappa shape index (κ2) is 8.63. The van der Waals surface area contributed by atoms with Crippen molar-refractivity contribution in [3.05, 3.63) is 65.7 Å². The summed E-state index contributed by atoms with van der Waals surface area (Å²) >= 11 is 0. The molecule has 2 amide bonds. The molecule has 0 bridgehead atoms. The fourth-order valence-electron chi connectivity index (χ4n) is 2.01. The van der Waals surface area contributed by atoms with Crippen molar-refractivity contribution < 1.29 is 14.0 Å². The van der Waals surface area contributed by atoms with Gasteiger partial charge in [0.15, 0.2) is 0 Å². The number of carbonyl (C=O) groups excluding carboxylic acids is 2. The molecule has 0 unspecified atom stereocenters. The van der Waals surface area contributed by atoms with Gasteiger partial charge in [-0.05, 0) is 36.2 Å². The van der Waals surface area contributed by atoms with Crippen LogP contribution in [0.5, 0.6) is 0 Å². The van der Waals surface area contributed by atoms with E-state index in [9.17, 15) is 14.0 Å².